The van der Waals surface area contributed by atoms with Gasteiger partial charge in [-0.05, 0) is 0 Å². The van der Waals surface area contributed by atoms with E-state index in [9.17, 15) is 0 Å². The topological polar surface area (TPSA) is 9.23 Å². The molecule has 0 aromatic rings. The minimum atomic E-state index is 0.457. The van der Waals surface area contributed by atoms with E-state index in [2.05, 4.69) is 20.8 Å². The fourth-order valence-electron chi connectivity index (χ4n) is 0.448. The van der Waals surface area contributed by atoms with Crippen LogP contribution in [0.15, 0.2) is 0 Å². The molecule has 0 saturated heterocycles. The van der Waals surface area contributed by atoms with Crippen LogP contribution < -0.4 is 0 Å². The first-order chi connectivity index (χ1) is 3.72. The van der Waals surface area contributed by atoms with Crippen molar-refractivity contribution in [1.82, 2.24) is 0 Å². The van der Waals surface area contributed by atoms with Gasteiger partial charge < -0.3 is 0 Å². The SMILES string of the molecule is CCC(C)C(C)[O][Sn]. The van der Waals surface area contributed by atoms with Crippen molar-refractivity contribution in [3.05, 3.63) is 0 Å². The van der Waals surface area contributed by atoms with Gasteiger partial charge in [0.25, 0.3) is 0 Å². The third-order valence-corrected chi connectivity index (χ3v) is 2.69. The summed E-state index contributed by atoms with van der Waals surface area (Å²) in [6.07, 6.45) is 1.67. The summed E-state index contributed by atoms with van der Waals surface area (Å²) in [4.78, 5) is 0. The molecule has 0 aliphatic rings. The first-order valence-electron chi connectivity index (χ1n) is 3.04. The van der Waals surface area contributed by atoms with Crippen molar-refractivity contribution in [3.63, 3.8) is 0 Å². The predicted molar refractivity (Wildman–Crippen MR) is 35.8 cm³/mol. The van der Waals surface area contributed by atoms with Crippen molar-refractivity contribution in [3.8, 4) is 0 Å². The summed E-state index contributed by atoms with van der Waals surface area (Å²) in [6, 6.07) is 0. The Bertz CT molecular complexity index is 48.5. The third kappa shape index (κ3) is 2.92. The van der Waals surface area contributed by atoms with Gasteiger partial charge in [0, 0.05) is 0 Å². The summed E-state index contributed by atoms with van der Waals surface area (Å²) in [5, 5.41) is 0. The van der Waals surface area contributed by atoms with Gasteiger partial charge in [0.15, 0.2) is 0 Å². The van der Waals surface area contributed by atoms with Crippen LogP contribution in [0.1, 0.15) is 27.2 Å². The molecule has 2 atom stereocenters. The van der Waals surface area contributed by atoms with Crippen LogP contribution in [0.2, 0.25) is 0 Å². The van der Waals surface area contributed by atoms with Gasteiger partial charge in [0.05, 0.1) is 0 Å². The van der Waals surface area contributed by atoms with E-state index in [4.69, 9.17) is 3.07 Å². The van der Waals surface area contributed by atoms with Crippen LogP contribution in [0.25, 0.3) is 0 Å². The summed E-state index contributed by atoms with van der Waals surface area (Å²) >= 11 is 1.19. The fourth-order valence-corrected chi connectivity index (χ4v) is 1.11. The summed E-state index contributed by atoms with van der Waals surface area (Å²) in [5.41, 5.74) is 0. The summed E-state index contributed by atoms with van der Waals surface area (Å²) in [7, 11) is 0. The van der Waals surface area contributed by atoms with Crippen molar-refractivity contribution in [2.75, 3.05) is 0 Å². The van der Waals surface area contributed by atoms with E-state index in [-0.39, 0.29) is 0 Å². The molecule has 0 saturated carbocycles. The van der Waals surface area contributed by atoms with Gasteiger partial charge >= 0.3 is 65.2 Å². The second kappa shape index (κ2) is 4.62. The molecule has 8 heavy (non-hydrogen) atoms. The van der Waals surface area contributed by atoms with Gasteiger partial charge in [0.1, 0.15) is 0 Å². The van der Waals surface area contributed by atoms with Crippen LogP contribution in [0.5, 0.6) is 0 Å². The molecule has 0 aliphatic carbocycles. The van der Waals surface area contributed by atoms with Gasteiger partial charge in [-0.2, -0.15) is 0 Å². The van der Waals surface area contributed by atoms with Crippen LogP contribution in [0.4, 0.5) is 0 Å². The molecule has 0 fully saturated rings. The zero-order chi connectivity index (χ0) is 6.57. The van der Waals surface area contributed by atoms with E-state index >= 15 is 0 Å². The standard InChI is InChI=1S/C6H13O.Sn/c1-4-5(2)6(3)7;/h5-6H,4H2,1-3H3;/q-1;+1. The zero-order valence-corrected chi connectivity index (χ0v) is 8.62. The number of hydrogen-bond acceptors (Lipinski definition) is 1. The van der Waals surface area contributed by atoms with Gasteiger partial charge in [-0.15, -0.1) is 0 Å². The van der Waals surface area contributed by atoms with Crippen molar-refractivity contribution in [2.24, 2.45) is 5.92 Å². The van der Waals surface area contributed by atoms with E-state index in [1.807, 2.05) is 0 Å². The quantitative estimate of drug-likeness (QED) is 0.655. The predicted octanol–water partition coefficient (Wildman–Crippen LogP) is 1.52. The molecule has 1 nitrogen and oxygen atoms in total. The van der Waals surface area contributed by atoms with Crippen LogP contribution in [0, 0.1) is 5.92 Å². The molecular weight excluding hydrogens is 207 g/mol. The van der Waals surface area contributed by atoms with E-state index in [1.54, 1.807) is 0 Å². The Morgan fingerprint density at radius 1 is 1.50 bits per heavy atom. The van der Waals surface area contributed by atoms with Crippen LogP contribution in [-0.4, -0.2) is 29.0 Å². The molecule has 0 heterocycles. The molecular formula is C6H13OSn. The Morgan fingerprint density at radius 3 is 2.12 bits per heavy atom. The average Bonchev–Trinajstić information content (AvgIpc) is 1.84. The van der Waals surface area contributed by atoms with Gasteiger partial charge in [-0.1, -0.05) is 0 Å². The normalized spacial score (nSPS) is 18.0. The van der Waals surface area contributed by atoms with Crippen molar-refractivity contribution in [2.45, 2.75) is 33.3 Å². The molecule has 0 aliphatic heterocycles. The Kier molecular flexibility index (Phi) is 5.06. The molecule has 0 bridgehead atoms. The molecule has 3 radical (unpaired) electrons. The first kappa shape index (κ1) is 8.76. The molecule has 47 valence electrons. The van der Waals surface area contributed by atoms with E-state index in [0.29, 0.717) is 12.0 Å². The van der Waals surface area contributed by atoms with Crippen molar-refractivity contribution >= 4 is 22.9 Å². The molecule has 0 N–H and O–H groups in total. The fraction of sp³-hybridized carbons (Fsp3) is 1.00. The molecule has 0 rings (SSSR count). The second-order valence-corrected chi connectivity index (χ2v) is 2.88. The Labute approximate surface area is 65.4 Å². The monoisotopic (exact) mass is 221 g/mol. The summed E-state index contributed by atoms with van der Waals surface area (Å²) in [6.45, 7) is 6.54. The maximum absolute atomic E-state index is 5.19. The average molecular weight is 220 g/mol. The van der Waals surface area contributed by atoms with Gasteiger partial charge in [-0.3, -0.25) is 0 Å². The van der Waals surface area contributed by atoms with E-state index in [0.717, 1.165) is 0 Å². The summed E-state index contributed by atoms with van der Waals surface area (Å²) in [5.74, 6) is 0.717. The maximum atomic E-state index is 5.19. The second-order valence-electron chi connectivity index (χ2n) is 2.21. The van der Waals surface area contributed by atoms with Crippen LogP contribution in [-0.2, 0) is 3.07 Å². The number of rotatable bonds is 3. The van der Waals surface area contributed by atoms with Crippen molar-refractivity contribution in [1.29, 1.82) is 0 Å². The van der Waals surface area contributed by atoms with Crippen LogP contribution >= 0.6 is 0 Å². The van der Waals surface area contributed by atoms with Crippen LogP contribution in [0.3, 0.4) is 0 Å². The van der Waals surface area contributed by atoms with Gasteiger partial charge in [0.2, 0.25) is 0 Å². The molecule has 0 spiro atoms. The zero-order valence-electron chi connectivity index (χ0n) is 5.77. The summed E-state index contributed by atoms with van der Waals surface area (Å²) < 4.78 is 5.19. The Balaban J connectivity index is 3.29. The molecule has 0 aromatic carbocycles. The Hall–Kier alpha value is 0.759. The first-order valence-corrected chi connectivity index (χ1v) is 4.21. The Morgan fingerprint density at radius 2 is 2.00 bits per heavy atom. The number of hydrogen-bond donors (Lipinski definition) is 0. The third-order valence-electron chi connectivity index (χ3n) is 1.63. The molecule has 0 amide bonds. The molecule has 2 unspecified atom stereocenters. The van der Waals surface area contributed by atoms with Crippen molar-refractivity contribution < 1.29 is 3.07 Å². The van der Waals surface area contributed by atoms with Gasteiger partial charge in [-0.25, -0.2) is 0 Å². The minimum absolute atomic E-state index is 0.457. The molecule has 0 aromatic heterocycles. The van der Waals surface area contributed by atoms with E-state index in [1.165, 1.54) is 29.4 Å². The molecule has 2 heteroatoms. The van der Waals surface area contributed by atoms with E-state index < -0.39 is 0 Å².